The fraction of sp³-hybridized carbons (Fsp3) is 0.632. The van der Waals surface area contributed by atoms with Crippen LogP contribution in [0.5, 0.6) is 0 Å². The number of Topliss-reactive ketones (excluding diaryl/α,β-unsaturated/α-hetero) is 1. The van der Waals surface area contributed by atoms with E-state index in [1.807, 2.05) is 18.4 Å². The van der Waals surface area contributed by atoms with Crippen molar-refractivity contribution in [3.8, 4) is 0 Å². The highest BCUT2D eigenvalue weighted by atomic mass is 16.5. The van der Waals surface area contributed by atoms with Crippen LogP contribution in [0.15, 0.2) is 0 Å². The van der Waals surface area contributed by atoms with Crippen LogP contribution in [0.1, 0.15) is 65.2 Å². The molecule has 0 spiro atoms. The van der Waals surface area contributed by atoms with E-state index in [1.165, 1.54) is 4.90 Å². The molecule has 0 aliphatic heterocycles. The Labute approximate surface area is 149 Å². The summed E-state index contributed by atoms with van der Waals surface area (Å²) in [5, 5.41) is 0. The minimum Gasteiger partial charge on any atom is -0.461 e. The van der Waals surface area contributed by atoms with E-state index >= 15 is 0 Å². The molecular formula is C19H28N2O4. The molecule has 0 saturated heterocycles. The van der Waals surface area contributed by atoms with Gasteiger partial charge in [-0.1, -0.05) is 6.42 Å². The number of hydrogen-bond acceptors (Lipinski definition) is 4. The normalized spacial score (nSPS) is 14.1. The quantitative estimate of drug-likeness (QED) is 0.561. The van der Waals surface area contributed by atoms with E-state index in [2.05, 4.69) is 0 Å². The van der Waals surface area contributed by atoms with Crippen LogP contribution >= 0.6 is 0 Å². The summed E-state index contributed by atoms with van der Waals surface area (Å²) >= 11 is 0. The molecule has 1 saturated carbocycles. The monoisotopic (exact) mass is 348 g/mol. The van der Waals surface area contributed by atoms with Gasteiger partial charge in [0.25, 0.3) is 0 Å². The smallest absolute Gasteiger partial charge is 0.355 e. The molecule has 0 atom stereocenters. The molecule has 1 aliphatic carbocycles. The molecule has 1 aromatic rings. The zero-order valence-electron chi connectivity index (χ0n) is 15.8. The molecule has 6 nitrogen and oxygen atoms in total. The Kier molecular flexibility index (Phi) is 6.03. The number of nitrogens with zero attached hydrogens (tertiary/aromatic N) is 2. The van der Waals surface area contributed by atoms with Gasteiger partial charge in [-0.2, -0.15) is 0 Å². The Morgan fingerprint density at radius 2 is 1.84 bits per heavy atom. The molecule has 1 fully saturated rings. The fourth-order valence-corrected chi connectivity index (χ4v) is 3.50. The lowest BCUT2D eigenvalue weighted by Gasteiger charge is -2.28. The van der Waals surface area contributed by atoms with Gasteiger partial charge in [0.15, 0.2) is 5.78 Å². The molecule has 0 N–H and O–H groups in total. The predicted octanol–water partition coefficient (Wildman–Crippen LogP) is 2.74. The van der Waals surface area contributed by atoms with Gasteiger partial charge < -0.3 is 14.2 Å². The molecule has 1 amide bonds. The molecule has 0 unspecified atom stereocenters. The van der Waals surface area contributed by atoms with Gasteiger partial charge in [0, 0.05) is 30.8 Å². The average molecular weight is 348 g/mol. The lowest BCUT2D eigenvalue weighted by Crippen LogP contribution is -2.39. The van der Waals surface area contributed by atoms with Crippen LogP contribution in [0.25, 0.3) is 0 Å². The third kappa shape index (κ3) is 3.62. The van der Waals surface area contributed by atoms with Crippen LogP contribution in [0.3, 0.4) is 0 Å². The van der Waals surface area contributed by atoms with Crippen molar-refractivity contribution in [3.05, 3.63) is 22.5 Å². The van der Waals surface area contributed by atoms with E-state index in [0.29, 0.717) is 23.4 Å². The van der Waals surface area contributed by atoms with Crippen LogP contribution in [0.2, 0.25) is 0 Å². The van der Waals surface area contributed by atoms with E-state index in [9.17, 15) is 14.4 Å². The zero-order valence-corrected chi connectivity index (χ0v) is 15.8. The lowest BCUT2D eigenvalue weighted by atomic mass is 9.84. The zero-order chi connectivity index (χ0) is 18.7. The van der Waals surface area contributed by atoms with Crippen molar-refractivity contribution in [2.24, 2.45) is 5.92 Å². The molecule has 0 aromatic carbocycles. The summed E-state index contributed by atoms with van der Waals surface area (Å²) in [4.78, 5) is 38.9. The van der Waals surface area contributed by atoms with E-state index in [0.717, 1.165) is 25.0 Å². The number of rotatable bonds is 7. The molecule has 6 heteroatoms. The van der Waals surface area contributed by atoms with Crippen LogP contribution < -0.4 is 0 Å². The number of amides is 1. The largest absolute Gasteiger partial charge is 0.461 e. The first-order valence-electron chi connectivity index (χ1n) is 8.98. The number of ether oxygens (including phenoxy) is 1. The molecule has 1 aliphatic rings. The van der Waals surface area contributed by atoms with Crippen LogP contribution in [0.4, 0.5) is 0 Å². The molecule has 1 aromatic heterocycles. The average Bonchev–Trinajstić information content (AvgIpc) is 2.75. The summed E-state index contributed by atoms with van der Waals surface area (Å²) < 4.78 is 6.95. The summed E-state index contributed by atoms with van der Waals surface area (Å²) in [6.07, 6.45) is 2.90. The summed E-state index contributed by atoms with van der Waals surface area (Å²) in [5.74, 6) is -0.448. The highest BCUT2D eigenvalue weighted by molar-refractivity contribution is 6.04. The minimum absolute atomic E-state index is 0.0347. The maximum absolute atomic E-state index is 12.8. The first kappa shape index (κ1) is 19.2. The Balaban J connectivity index is 2.27. The van der Waals surface area contributed by atoms with E-state index in [4.69, 9.17) is 4.74 Å². The van der Waals surface area contributed by atoms with Crippen molar-refractivity contribution in [2.45, 2.75) is 53.5 Å². The van der Waals surface area contributed by atoms with Crippen molar-refractivity contribution in [1.29, 1.82) is 0 Å². The van der Waals surface area contributed by atoms with Gasteiger partial charge in [0.1, 0.15) is 5.69 Å². The molecule has 2 rings (SSSR count). The summed E-state index contributed by atoms with van der Waals surface area (Å²) in [5.41, 5.74) is 2.33. The highest BCUT2D eigenvalue weighted by Gasteiger charge is 2.31. The number of esters is 1. The second-order valence-electron chi connectivity index (χ2n) is 6.64. The number of carbonyl (C=O) groups excluding carboxylic acids is 3. The molecule has 1 heterocycles. The Morgan fingerprint density at radius 3 is 2.32 bits per heavy atom. The van der Waals surface area contributed by atoms with Crippen LogP contribution in [-0.2, 0) is 16.1 Å². The van der Waals surface area contributed by atoms with Gasteiger partial charge in [-0.3, -0.25) is 9.59 Å². The Morgan fingerprint density at radius 1 is 1.20 bits per heavy atom. The van der Waals surface area contributed by atoms with Crippen molar-refractivity contribution >= 4 is 17.7 Å². The van der Waals surface area contributed by atoms with Gasteiger partial charge in [0.05, 0.1) is 13.2 Å². The fourth-order valence-electron chi connectivity index (χ4n) is 3.50. The molecular weight excluding hydrogens is 320 g/mol. The number of likely N-dealkylation sites (N-methyl/N-ethyl adjacent to an activating group) is 1. The molecule has 0 radical (unpaired) electrons. The first-order chi connectivity index (χ1) is 11.8. The van der Waals surface area contributed by atoms with E-state index in [1.54, 1.807) is 20.9 Å². The topological polar surface area (TPSA) is 68.6 Å². The van der Waals surface area contributed by atoms with Crippen molar-refractivity contribution < 1.29 is 19.1 Å². The second-order valence-corrected chi connectivity index (χ2v) is 6.64. The SMILES string of the molecule is CCOC(=O)c1c(C)c(C(=O)CN(C)C(=O)C2CCC2)c(C)n1CC. The van der Waals surface area contributed by atoms with E-state index < -0.39 is 5.97 Å². The minimum atomic E-state index is -0.414. The van der Waals surface area contributed by atoms with Gasteiger partial charge in [-0.25, -0.2) is 4.79 Å². The van der Waals surface area contributed by atoms with Crippen LogP contribution in [-0.4, -0.2) is 47.3 Å². The maximum Gasteiger partial charge on any atom is 0.355 e. The lowest BCUT2D eigenvalue weighted by molar-refractivity contribution is -0.136. The van der Waals surface area contributed by atoms with E-state index in [-0.39, 0.29) is 30.8 Å². The number of ketones is 1. The predicted molar refractivity (Wildman–Crippen MR) is 94.8 cm³/mol. The summed E-state index contributed by atoms with van der Waals surface area (Å²) in [7, 11) is 1.67. The second kappa shape index (κ2) is 7.85. The van der Waals surface area contributed by atoms with Crippen molar-refractivity contribution in [3.63, 3.8) is 0 Å². The molecule has 138 valence electrons. The number of aromatic nitrogens is 1. The standard InChI is InChI=1S/C19H28N2O4/c1-6-21-13(4)16(12(3)17(21)19(24)25-7-2)15(22)11-20(5)18(23)14-9-8-10-14/h14H,6-11H2,1-5H3. The summed E-state index contributed by atoms with van der Waals surface area (Å²) in [6.45, 7) is 8.18. The molecule has 25 heavy (non-hydrogen) atoms. The van der Waals surface area contributed by atoms with Crippen molar-refractivity contribution in [1.82, 2.24) is 9.47 Å². The van der Waals surface area contributed by atoms with Gasteiger partial charge in [0.2, 0.25) is 5.91 Å². The summed E-state index contributed by atoms with van der Waals surface area (Å²) in [6, 6.07) is 0. The molecule has 0 bridgehead atoms. The van der Waals surface area contributed by atoms with Crippen molar-refractivity contribution in [2.75, 3.05) is 20.2 Å². The highest BCUT2D eigenvalue weighted by Crippen LogP contribution is 2.28. The number of hydrogen-bond donors (Lipinski definition) is 0. The van der Waals surface area contributed by atoms with Gasteiger partial charge >= 0.3 is 5.97 Å². The van der Waals surface area contributed by atoms with Crippen LogP contribution in [0, 0.1) is 19.8 Å². The third-order valence-electron chi connectivity index (χ3n) is 5.04. The Bertz CT molecular complexity index is 686. The van der Waals surface area contributed by atoms with Gasteiger partial charge in [-0.15, -0.1) is 0 Å². The maximum atomic E-state index is 12.8. The number of carbonyl (C=O) groups is 3. The van der Waals surface area contributed by atoms with Gasteiger partial charge in [-0.05, 0) is 46.1 Å². The third-order valence-corrected chi connectivity index (χ3v) is 5.04. The Hall–Kier alpha value is -2.11. The first-order valence-corrected chi connectivity index (χ1v) is 8.98.